The topological polar surface area (TPSA) is 129 Å². The van der Waals surface area contributed by atoms with Gasteiger partial charge in [-0.25, -0.2) is 9.50 Å². The van der Waals surface area contributed by atoms with Crippen molar-refractivity contribution in [3.63, 3.8) is 0 Å². The molecule has 3 rings (SSSR count). The number of primary amides is 1. The van der Waals surface area contributed by atoms with Crippen molar-refractivity contribution in [3.8, 4) is 0 Å². The van der Waals surface area contributed by atoms with Gasteiger partial charge in [0.25, 0.3) is 5.91 Å². The van der Waals surface area contributed by atoms with Crippen molar-refractivity contribution in [2.45, 2.75) is 25.0 Å². The van der Waals surface area contributed by atoms with Crippen LogP contribution in [0.5, 0.6) is 0 Å². The van der Waals surface area contributed by atoms with E-state index < -0.39 is 5.91 Å². The standard InChI is InChI=1S/C12H15N5O3/c13-11-10-7(12(14)19)3-8(17(10)16-5-15-11)9-2-1-6(4-18)20-9/h3,5-6,9,18H,1-2,4H2,(H2,14,19)(H2,13,15,16)/t6-,9+/m0/s1. The molecular weight excluding hydrogens is 262 g/mol. The van der Waals surface area contributed by atoms with Crippen LogP contribution in [0.3, 0.4) is 0 Å². The fourth-order valence-electron chi connectivity index (χ4n) is 2.57. The normalized spacial score (nSPS) is 22.4. The lowest BCUT2D eigenvalue weighted by atomic mass is 10.1. The summed E-state index contributed by atoms with van der Waals surface area (Å²) >= 11 is 0. The maximum atomic E-state index is 11.5. The van der Waals surface area contributed by atoms with Gasteiger partial charge in [0.05, 0.1) is 24.0 Å². The molecule has 0 radical (unpaired) electrons. The van der Waals surface area contributed by atoms with Crippen LogP contribution in [0.2, 0.25) is 0 Å². The number of nitrogens with zero attached hydrogens (tertiary/aromatic N) is 3. The first-order valence-electron chi connectivity index (χ1n) is 6.30. The molecule has 2 aromatic rings. The van der Waals surface area contributed by atoms with Crippen LogP contribution >= 0.6 is 0 Å². The first kappa shape index (κ1) is 12.8. The van der Waals surface area contributed by atoms with Crippen molar-refractivity contribution in [2.75, 3.05) is 12.3 Å². The SMILES string of the molecule is NC(=O)c1cc([C@H]2CC[C@@H](CO)O2)n2ncnc(N)c12. The smallest absolute Gasteiger partial charge is 0.251 e. The van der Waals surface area contributed by atoms with Gasteiger partial charge in [-0.1, -0.05) is 0 Å². The van der Waals surface area contributed by atoms with Crippen LogP contribution in [0.15, 0.2) is 12.4 Å². The zero-order chi connectivity index (χ0) is 14.3. The molecule has 3 heterocycles. The van der Waals surface area contributed by atoms with Gasteiger partial charge in [-0.2, -0.15) is 5.10 Å². The van der Waals surface area contributed by atoms with Crippen LogP contribution in [-0.4, -0.2) is 38.3 Å². The lowest BCUT2D eigenvalue weighted by Crippen LogP contribution is -2.12. The molecule has 20 heavy (non-hydrogen) atoms. The predicted octanol–water partition coefficient (Wildman–Crippen LogP) is -0.377. The number of carbonyl (C=O) groups is 1. The van der Waals surface area contributed by atoms with Crippen molar-refractivity contribution < 1.29 is 14.6 Å². The van der Waals surface area contributed by atoms with E-state index in [1.54, 1.807) is 6.07 Å². The Morgan fingerprint density at radius 2 is 2.35 bits per heavy atom. The summed E-state index contributed by atoms with van der Waals surface area (Å²) < 4.78 is 7.25. The number of carbonyl (C=O) groups excluding carboxylic acids is 1. The fraction of sp³-hybridized carbons (Fsp3) is 0.417. The highest BCUT2D eigenvalue weighted by atomic mass is 16.5. The van der Waals surface area contributed by atoms with Crippen molar-refractivity contribution in [3.05, 3.63) is 23.7 Å². The third-order valence-electron chi connectivity index (χ3n) is 3.52. The van der Waals surface area contributed by atoms with E-state index in [0.29, 0.717) is 11.2 Å². The van der Waals surface area contributed by atoms with E-state index in [-0.39, 0.29) is 30.2 Å². The number of aromatic nitrogens is 3. The van der Waals surface area contributed by atoms with E-state index in [1.807, 2.05) is 0 Å². The van der Waals surface area contributed by atoms with Crippen LogP contribution in [0.4, 0.5) is 5.82 Å². The zero-order valence-corrected chi connectivity index (χ0v) is 10.7. The first-order chi connectivity index (χ1) is 9.61. The number of amides is 1. The van der Waals surface area contributed by atoms with Crippen LogP contribution in [0.1, 0.15) is 35.0 Å². The fourth-order valence-corrected chi connectivity index (χ4v) is 2.57. The van der Waals surface area contributed by atoms with Crippen molar-refractivity contribution in [1.29, 1.82) is 0 Å². The maximum Gasteiger partial charge on any atom is 0.251 e. The number of aliphatic hydroxyl groups excluding tert-OH is 1. The van der Waals surface area contributed by atoms with Gasteiger partial charge in [0.2, 0.25) is 0 Å². The summed E-state index contributed by atoms with van der Waals surface area (Å²) in [7, 11) is 0. The monoisotopic (exact) mass is 277 g/mol. The Labute approximate surface area is 114 Å². The van der Waals surface area contributed by atoms with Crippen LogP contribution in [0.25, 0.3) is 5.52 Å². The molecule has 1 amide bonds. The number of ether oxygens (including phenoxy) is 1. The molecule has 1 aliphatic rings. The molecule has 1 saturated heterocycles. The molecule has 0 aliphatic carbocycles. The van der Waals surface area contributed by atoms with E-state index in [0.717, 1.165) is 12.8 Å². The summed E-state index contributed by atoms with van der Waals surface area (Å²) in [6, 6.07) is 1.63. The molecule has 0 bridgehead atoms. The summed E-state index contributed by atoms with van der Waals surface area (Å²) in [5.74, 6) is -0.399. The van der Waals surface area contributed by atoms with E-state index in [1.165, 1.54) is 10.8 Å². The van der Waals surface area contributed by atoms with Gasteiger partial charge in [0.1, 0.15) is 17.9 Å². The molecule has 5 N–H and O–H groups in total. The molecule has 0 saturated carbocycles. The third-order valence-corrected chi connectivity index (χ3v) is 3.52. The first-order valence-corrected chi connectivity index (χ1v) is 6.30. The maximum absolute atomic E-state index is 11.5. The highest BCUT2D eigenvalue weighted by molar-refractivity contribution is 6.02. The summed E-state index contributed by atoms with van der Waals surface area (Å²) in [6.07, 6.45) is 2.36. The number of aliphatic hydroxyl groups is 1. The molecule has 8 nitrogen and oxygen atoms in total. The molecule has 106 valence electrons. The van der Waals surface area contributed by atoms with Crippen molar-refractivity contribution in [1.82, 2.24) is 14.6 Å². The van der Waals surface area contributed by atoms with Crippen LogP contribution in [0, 0.1) is 0 Å². The molecule has 2 aromatic heterocycles. The highest BCUT2D eigenvalue weighted by Gasteiger charge is 2.30. The lowest BCUT2D eigenvalue weighted by Gasteiger charge is -2.11. The van der Waals surface area contributed by atoms with Gasteiger partial charge in [-0.3, -0.25) is 4.79 Å². The Balaban J connectivity index is 2.12. The Bertz CT molecular complexity index is 668. The Kier molecular flexibility index (Phi) is 3.03. The number of nitrogens with two attached hydrogens (primary N) is 2. The molecule has 8 heteroatoms. The number of nitrogen functional groups attached to an aromatic ring is 1. The summed E-state index contributed by atoms with van der Waals surface area (Å²) in [6.45, 7) is -0.0282. The molecule has 0 unspecified atom stereocenters. The largest absolute Gasteiger partial charge is 0.394 e. The van der Waals surface area contributed by atoms with Gasteiger partial charge in [-0.05, 0) is 18.9 Å². The highest BCUT2D eigenvalue weighted by Crippen LogP contribution is 2.35. The molecule has 2 atom stereocenters. The van der Waals surface area contributed by atoms with Gasteiger partial charge in [-0.15, -0.1) is 0 Å². The van der Waals surface area contributed by atoms with E-state index in [9.17, 15) is 4.79 Å². The number of hydrogen-bond donors (Lipinski definition) is 3. The van der Waals surface area contributed by atoms with Crippen LogP contribution < -0.4 is 11.5 Å². The lowest BCUT2D eigenvalue weighted by molar-refractivity contribution is 0.00855. The second kappa shape index (κ2) is 4.73. The second-order valence-corrected chi connectivity index (χ2v) is 4.76. The molecule has 0 aromatic carbocycles. The average molecular weight is 277 g/mol. The summed E-state index contributed by atoms with van der Waals surface area (Å²) in [5.41, 5.74) is 12.5. The number of anilines is 1. The molecular formula is C12H15N5O3. The predicted molar refractivity (Wildman–Crippen MR) is 69.9 cm³/mol. The zero-order valence-electron chi connectivity index (χ0n) is 10.7. The minimum atomic E-state index is -0.591. The summed E-state index contributed by atoms with van der Waals surface area (Å²) in [5, 5.41) is 13.2. The Morgan fingerprint density at radius 3 is 3.00 bits per heavy atom. The number of hydrogen-bond acceptors (Lipinski definition) is 6. The van der Waals surface area contributed by atoms with Gasteiger partial charge in [0, 0.05) is 0 Å². The Morgan fingerprint density at radius 1 is 1.55 bits per heavy atom. The van der Waals surface area contributed by atoms with Crippen molar-refractivity contribution in [2.24, 2.45) is 5.73 Å². The van der Waals surface area contributed by atoms with Gasteiger partial charge < -0.3 is 21.3 Å². The van der Waals surface area contributed by atoms with Gasteiger partial charge in [0.15, 0.2) is 5.82 Å². The minimum absolute atomic E-state index is 0.0282. The second-order valence-electron chi connectivity index (χ2n) is 4.76. The molecule has 1 fully saturated rings. The quantitative estimate of drug-likeness (QED) is 0.701. The molecule has 0 spiro atoms. The van der Waals surface area contributed by atoms with E-state index >= 15 is 0 Å². The van der Waals surface area contributed by atoms with Crippen molar-refractivity contribution >= 4 is 17.2 Å². The minimum Gasteiger partial charge on any atom is -0.394 e. The number of fused-ring (bicyclic) bond motifs is 1. The number of rotatable bonds is 3. The van der Waals surface area contributed by atoms with Gasteiger partial charge >= 0.3 is 0 Å². The average Bonchev–Trinajstić information content (AvgIpc) is 3.02. The third kappa shape index (κ3) is 1.89. The van der Waals surface area contributed by atoms with Crippen LogP contribution in [-0.2, 0) is 4.74 Å². The Hall–Kier alpha value is -2.19. The van der Waals surface area contributed by atoms with E-state index in [2.05, 4.69) is 10.1 Å². The van der Waals surface area contributed by atoms with E-state index in [4.69, 9.17) is 21.3 Å². The summed E-state index contributed by atoms with van der Waals surface area (Å²) in [4.78, 5) is 15.4. The molecule has 1 aliphatic heterocycles.